The summed E-state index contributed by atoms with van der Waals surface area (Å²) in [6.07, 6.45) is -3.19. The fraction of sp³-hybridized carbons (Fsp3) is 0.667. The SMILES string of the molecule is CC(N)C(Sc1ncn[nH]1)C(F)(F)F. The minimum absolute atomic E-state index is 0.115. The van der Waals surface area contributed by atoms with Gasteiger partial charge in [-0.15, -0.1) is 0 Å². The zero-order valence-electron chi connectivity index (χ0n) is 7.25. The number of thioether (sulfide) groups is 1. The van der Waals surface area contributed by atoms with E-state index < -0.39 is 17.5 Å². The van der Waals surface area contributed by atoms with Gasteiger partial charge in [0.15, 0.2) is 5.16 Å². The predicted octanol–water partition coefficient (Wildman–Crippen LogP) is 1.17. The van der Waals surface area contributed by atoms with Gasteiger partial charge in [0.2, 0.25) is 0 Å². The van der Waals surface area contributed by atoms with E-state index in [1.165, 1.54) is 6.92 Å². The number of nitrogens with one attached hydrogen (secondary N) is 1. The molecule has 0 fully saturated rings. The molecule has 1 aromatic rings. The van der Waals surface area contributed by atoms with Gasteiger partial charge in [0.05, 0.1) is 0 Å². The summed E-state index contributed by atoms with van der Waals surface area (Å²) in [5.74, 6) is 0. The lowest BCUT2D eigenvalue weighted by atomic mass is 10.2. The number of halogens is 3. The van der Waals surface area contributed by atoms with E-state index in [4.69, 9.17) is 5.73 Å². The van der Waals surface area contributed by atoms with Gasteiger partial charge in [-0.05, 0) is 6.92 Å². The van der Waals surface area contributed by atoms with Crippen molar-refractivity contribution in [1.82, 2.24) is 15.2 Å². The van der Waals surface area contributed by atoms with Crippen LogP contribution in [-0.4, -0.2) is 32.6 Å². The Morgan fingerprint density at radius 2 is 2.21 bits per heavy atom. The number of alkyl halides is 3. The Hall–Kier alpha value is -0.760. The van der Waals surface area contributed by atoms with Gasteiger partial charge in [-0.25, -0.2) is 4.98 Å². The van der Waals surface area contributed by atoms with Crippen LogP contribution in [-0.2, 0) is 0 Å². The zero-order chi connectivity index (χ0) is 10.8. The Morgan fingerprint density at radius 1 is 1.57 bits per heavy atom. The van der Waals surface area contributed by atoms with E-state index in [9.17, 15) is 13.2 Å². The van der Waals surface area contributed by atoms with Gasteiger partial charge in [0, 0.05) is 6.04 Å². The Labute approximate surface area is 82.5 Å². The van der Waals surface area contributed by atoms with Crippen molar-refractivity contribution in [3.05, 3.63) is 6.33 Å². The molecule has 0 radical (unpaired) electrons. The Balaban J connectivity index is 2.71. The van der Waals surface area contributed by atoms with Crippen LogP contribution in [0.15, 0.2) is 11.5 Å². The van der Waals surface area contributed by atoms with Crippen LogP contribution in [0.3, 0.4) is 0 Å². The van der Waals surface area contributed by atoms with E-state index in [1.807, 2.05) is 0 Å². The standard InChI is InChI=1S/C6H9F3N4S/c1-3(10)4(6(7,8)9)14-5-11-2-12-13-5/h2-4H,10H2,1H3,(H,11,12,13). The first-order valence-corrected chi connectivity index (χ1v) is 4.63. The van der Waals surface area contributed by atoms with E-state index in [2.05, 4.69) is 15.2 Å². The topological polar surface area (TPSA) is 67.6 Å². The molecule has 1 rings (SSSR count). The van der Waals surface area contributed by atoms with Crippen molar-refractivity contribution >= 4 is 11.8 Å². The van der Waals surface area contributed by atoms with E-state index >= 15 is 0 Å². The van der Waals surface area contributed by atoms with Crippen molar-refractivity contribution in [3.8, 4) is 0 Å². The number of nitrogens with two attached hydrogens (primary N) is 1. The van der Waals surface area contributed by atoms with E-state index in [1.54, 1.807) is 0 Å². The van der Waals surface area contributed by atoms with E-state index in [0.717, 1.165) is 6.33 Å². The second-order valence-electron chi connectivity index (χ2n) is 2.73. The number of nitrogens with zero attached hydrogens (tertiary/aromatic N) is 2. The first-order valence-electron chi connectivity index (χ1n) is 3.75. The molecule has 0 amide bonds. The minimum atomic E-state index is -4.34. The summed E-state index contributed by atoms with van der Waals surface area (Å²) in [4.78, 5) is 3.59. The fourth-order valence-electron chi connectivity index (χ4n) is 0.844. The van der Waals surface area contributed by atoms with Crippen LogP contribution in [0.25, 0.3) is 0 Å². The zero-order valence-corrected chi connectivity index (χ0v) is 8.06. The Bertz CT molecular complexity index is 271. The normalized spacial score (nSPS) is 16.6. The molecule has 0 aromatic carbocycles. The van der Waals surface area contributed by atoms with Crippen LogP contribution in [0.2, 0.25) is 0 Å². The second-order valence-corrected chi connectivity index (χ2v) is 3.86. The molecule has 1 heterocycles. The van der Waals surface area contributed by atoms with Crippen LogP contribution in [0.5, 0.6) is 0 Å². The number of rotatable bonds is 3. The minimum Gasteiger partial charge on any atom is -0.327 e. The third-order valence-corrected chi connectivity index (χ3v) is 2.80. The molecule has 0 bridgehead atoms. The Kier molecular flexibility index (Phi) is 3.38. The summed E-state index contributed by atoms with van der Waals surface area (Å²) in [5, 5.41) is 4.24. The van der Waals surface area contributed by atoms with Gasteiger partial charge >= 0.3 is 6.18 Å². The number of hydrogen-bond acceptors (Lipinski definition) is 4. The summed E-state index contributed by atoms with van der Waals surface area (Å²) >= 11 is 0.531. The van der Waals surface area contributed by atoms with Crippen LogP contribution >= 0.6 is 11.8 Å². The molecule has 0 aliphatic rings. The van der Waals surface area contributed by atoms with Gasteiger partial charge in [-0.3, -0.25) is 5.10 Å². The molecule has 2 atom stereocenters. The van der Waals surface area contributed by atoms with Crippen molar-refractivity contribution < 1.29 is 13.2 Å². The average molecular weight is 226 g/mol. The smallest absolute Gasteiger partial charge is 0.327 e. The number of aromatic amines is 1. The molecule has 3 N–H and O–H groups in total. The lowest BCUT2D eigenvalue weighted by molar-refractivity contribution is -0.131. The highest BCUT2D eigenvalue weighted by molar-refractivity contribution is 7.99. The Morgan fingerprint density at radius 3 is 2.57 bits per heavy atom. The lowest BCUT2D eigenvalue weighted by Crippen LogP contribution is -2.40. The van der Waals surface area contributed by atoms with E-state index in [-0.39, 0.29) is 5.16 Å². The van der Waals surface area contributed by atoms with Gasteiger partial charge in [-0.2, -0.15) is 18.3 Å². The molecule has 0 spiro atoms. The molecule has 80 valence electrons. The average Bonchev–Trinajstić information content (AvgIpc) is 2.48. The third kappa shape index (κ3) is 2.88. The molecular formula is C6H9F3N4S. The summed E-state index contributed by atoms with van der Waals surface area (Å²) in [5.41, 5.74) is 5.24. The molecule has 0 aliphatic carbocycles. The van der Waals surface area contributed by atoms with Crippen LogP contribution in [0.1, 0.15) is 6.92 Å². The van der Waals surface area contributed by atoms with Crippen molar-refractivity contribution in [3.63, 3.8) is 0 Å². The highest BCUT2D eigenvalue weighted by Crippen LogP contribution is 2.34. The molecule has 1 aromatic heterocycles. The molecule has 0 saturated heterocycles. The predicted molar refractivity (Wildman–Crippen MR) is 45.7 cm³/mol. The summed E-state index contributed by atoms with van der Waals surface area (Å²) < 4.78 is 37.2. The maximum absolute atomic E-state index is 12.4. The van der Waals surface area contributed by atoms with Gasteiger partial charge in [0.25, 0.3) is 0 Å². The van der Waals surface area contributed by atoms with Gasteiger partial charge in [0.1, 0.15) is 11.6 Å². The van der Waals surface area contributed by atoms with Crippen LogP contribution < -0.4 is 5.73 Å². The lowest BCUT2D eigenvalue weighted by Gasteiger charge is -2.21. The summed E-state index contributed by atoms with van der Waals surface area (Å²) in [6.45, 7) is 1.31. The molecule has 2 unspecified atom stereocenters. The van der Waals surface area contributed by atoms with Crippen LogP contribution in [0, 0.1) is 0 Å². The first kappa shape index (κ1) is 11.3. The molecule has 14 heavy (non-hydrogen) atoms. The molecule has 0 saturated carbocycles. The highest BCUT2D eigenvalue weighted by atomic mass is 32.2. The number of hydrogen-bond donors (Lipinski definition) is 2. The summed E-state index contributed by atoms with van der Waals surface area (Å²) in [7, 11) is 0. The third-order valence-electron chi connectivity index (χ3n) is 1.43. The van der Waals surface area contributed by atoms with Crippen LogP contribution in [0.4, 0.5) is 13.2 Å². The van der Waals surface area contributed by atoms with Crippen molar-refractivity contribution in [2.45, 2.75) is 29.5 Å². The molecule has 4 nitrogen and oxygen atoms in total. The van der Waals surface area contributed by atoms with Gasteiger partial charge in [-0.1, -0.05) is 11.8 Å². The van der Waals surface area contributed by atoms with Gasteiger partial charge < -0.3 is 5.73 Å². The molecular weight excluding hydrogens is 217 g/mol. The first-order chi connectivity index (χ1) is 6.41. The molecule has 8 heteroatoms. The largest absolute Gasteiger partial charge is 0.402 e. The van der Waals surface area contributed by atoms with Crippen molar-refractivity contribution in [1.29, 1.82) is 0 Å². The maximum Gasteiger partial charge on any atom is 0.402 e. The van der Waals surface area contributed by atoms with Crippen molar-refractivity contribution in [2.24, 2.45) is 5.73 Å². The monoisotopic (exact) mass is 226 g/mol. The summed E-state index contributed by atoms with van der Waals surface area (Å²) in [6, 6.07) is -0.995. The number of aromatic nitrogens is 3. The highest BCUT2D eigenvalue weighted by Gasteiger charge is 2.43. The van der Waals surface area contributed by atoms with Crippen molar-refractivity contribution in [2.75, 3.05) is 0 Å². The number of H-pyrrole nitrogens is 1. The second kappa shape index (κ2) is 4.18. The van der Waals surface area contributed by atoms with E-state index in [0.29, 0.717) is 11.8 Å². The molecule has 0 aliphatic heterocycles. The fourth-order valence-corrected chi connectivity index (χ4v) is 1.65. The maximum atomic E-state index is 12.4. The quantitative estimate of drug-likeness (QED) is 0.759.